The standard InChI is InChI=1S/C21H19ClN4O2S/c1-3-27-18-12-8-7-11-16(18)20-23-24-21(28-20)29-13-17-14(2)25-26(19(17)22)15-9-5-4-6-10-15/h4-12H,3,13H2,1-2H3. The zero-order chi connectivity index (χ0) is 20.2. The maximum absolute atomic E-state index is 6.59. The molecule has 0 amide bonds. The second-order valence-corrected chi connectivity index (χ2v) is 7.48. The molecule has 2 aromatic carbocycles. The van der Waals surface area contributed by atoms with E-state index in [1.807, 2.05) is 68.4 Å². The molecule has 0 atom stereocenters. The predicted molar refractivity (Wildman–Crippen MR) is 114 cm³/mol. The zero-order valence-corrected chi connectivity index (χ0v) is 17.6. The summed E-state index contributed by atoms with van der Waals surface area (Å²) < 4.78 is 13.2. The molecule has 0 N–H and O–H groups in total. The lowest BCUT2D eigenvalue weighted by atomic mass is 10.2. The second-order valence-electron chi connectivity index (χ2n) is 6.19. The third-order valence-corrected chi connectivity index (χ3v) is 5.52. The van der Waals surface area contributed by atoms with Crippen molar-refractivity contribution in [2.45, 2.75) is 24.8 Å². The van der Waals surface area contributed by atoms with Crippen molar-refractivity contribution in [2.24, 2.45) is 0 Å². The highest BCUT2D eigenvalue weighted by Crippen LogP contribution is 2.33. The van der Waals surface area contributed by atoms with Gasteiger partial charge < -0.3 is 9.15 Å². The molecule has 2 aromatic heterocycles. The summed E-state index contributed by atoms with van der Waals surface area (Å²) >= 11 is 8.02. The third kappa shape index (κ3) is 4.16. The Bertz CT molecular complexity index is 1110. The molecule has 0 aliphatic heterocycles. The molecule has 0 saturated carbocycles. The molecule has 0 spiro atoms. The van der Waals surface area contributed by atoms with Crippen LogP contribution in [0.25, 0.3) is 17.1 Å². The normalized spacial score (nSPS) is 11.0. The second kappa shape index (κ2) is 8.71. The molecule has 0 unspecified atom stereocenters. The monoisotopic (exact) mass is 426 g/mol. The first-order chi connectivity index (χ1) is 14.2. The quantitative estimate of drug-likeness (QED) is 0.359. The van der Waals surface area contributed by atoms with Gasteiger partial charge in [0.05, 0.1) is 23.6 Å². The van der Waals surface area contributed by atoms with Gasteiger partial charge in [-0.2, -0.15) is 5.10 Å². The summed E-state index contributed by atoms with van der Waals surface area (Å²) in [7, 11) is 0. The van der Waals surface area contributed by atoms with E-state index >= 15 is 0 Å². The Hall–Kier alpha value is -2.77. The highest BCUT2D eigenvalue weighted by Gasteiger charge is 2.18. The van der Waals surface area contributed by atoms with Crippen LogP contribution in [0.15, 0.2) is 64.2 Å². The highest BCUT2D eigenvalue weighted by atomic mass is 35.5. The van der Waals surface area contributed by atoms with Crippen molar-refractivity contribution in [3.8, 4) is 22.9 Å². The number of rotatable bonds is 7. The molecule has 0 bridgehead atoms. The molecule has 0 radical (unpaired) electrons. The topological polar surface area (TPSA) is 66.0 Å². The molecule has 8 heteroatoms. The summed E-state index contributed by atoms with van der Waals surface area (Å²) in [6.07, 6.45) is 0. The first-order valence-electron chi connectivity index (χ1n) is 9.15. The Morgan fingerprint density at radius 2 is 1.83 bits per heavy atom. The molecular formula is C21H19ClN4O2S. The number of thioether (sulfide) groups is 1. The Morgan fingerprint density at radius 3 is 2.62 bits per heavy atom. The van der Waals surface area contributed by atoms with Crippen LogP contribution in [0, 0.1) is 6.92 Å². The van der Waals surface area contributed by atoms with Gasteiger partial charge in [0.2, 0.25) is 0 Å². The molecule has 148 valence electrons. The van der Waals surface area contributed by atoms with E-state index < -0.39 is 0 Å². The van der Waals surface area contributed by atoms with E-state index in [1.165, 1.54) is 11.8 Å². The zero-order valence-electron chi connectivity index (χ0n) is 16.0. The Balaban J connectivity index is 1.52. The lowest BCUT2D eigenvalue weighted by molar-refractivity contribution is 0.340. The number of halogens is 1. The van der Waals surface area contributed by atoms with Crippen molar-refractivity contribution in [1.82, 2.24) is 20.0 Å². The minimum atomic E-state index is 0.430. The first-order valence-corrected chi connectivity index (χ1v) is 10.5. The van der Waals surface area contributed by atoms with Crippen molar-refractivity contribution < 1.29 is 9.15 Å². The molecule has 0 aliphatic carbocycles. The van der Waals surface area contributed by atoms with Gasteiger partial charge in [0.25, 0.3) is 11.1 Å². The van der Waals surface area contributed by atoms with E-state index in [-0.39, 0.29) is 0 Å². The van der Waals surface area contributed by atoms with Crippen LogP contribution in [0.3, 0.4) is 0 Å². The minimum Gasteiger partial charge on any atom is -0.493 e. The predicted octanol–water partition coefficient (Wildman–Crippen LogP) is 5.58. The summed E-state index contributed by atoms with van der Waals surface area (Å²) in [4.78, 5) is 0. The maximum Gasteiger partial charge on any atom is 0.277 e. The lowest BCUT2D eigenvalue weighted by Crippen LogP contribution is -1.95. The fourth-order valence-electron chi connectivity index (χ4n) is 2.87. The van der Waals surface area contributed by atoms with E-state index in [9.17, 15) is 0 Å². The van der Waals surface area contributed by atoms with Crippen molar-refractivity contribution in [3.05, 3.63) is 71.0 Å². The van der Waals surface area contributed by atoms with Crippen LogP contribution < -0.4 is 4.74 Å². The fourth-order valence-corrected chi connectivity index (χ4v) is 4.14. The van der Waals surface area contributed by atoms with Crippen LogP contribution in [-0.2, 0) is 5.75 Å². The molecule has 0 saturated heterocycles. The summed E-state index contributed by atoms with van der Waals surface area (Å²) in [5.41, 5.74) is 3.51. The van der Waals surface area contributed by atoms with Crippen LogP contribution >= 0.6 is 23.4 Å². The average molecular weight is 427 g/mol. The van der Waals surface area contributed by atoms with Gasteiger partial charge in [-0.05, 0) is 38.1 Å². The van der Waals surface area contributed by atoms with Gasteiger partial charge in [-0.1, -0.05) is 53.7 Å². The highest BCUT2D eigenvalue weighted by molar-refractivity contribution is 7.98. The van der Waals surface area contributed by atoms with E-state index in [0.29, 0.717) is 28.6 Å². The van der Waals surface area contributed by atoms with Gasteiger partial charge in [-0.3, -0.25) is 0 Å². The summed E-state index contributed by atoms with van der Waals surface area (Å²) in [6, 6.07) is 17.4. The Labute approximate surface area is 177 Å². The smallest absolute Gasteiger partial charge is 0.277 e. The van der Waals surface area contributed by atoms with E-state index in [2.05, 4.69) is 15.3 Å². The number of para-hydroxylation sites is 2. The number of aryl methyl sites for hydroxylation is 1. The summed E-state index contributed by atoms with van der Waals surface area (Å²) in [6.45, 7) is 4.45. The van der Waals surface area contributed by atoms with Gasteiger partial charge in [-0.15, -0.1) is 10.2 Å². The van der Waals surface area contributed by atoms with Crippen molar-refractivity contribution in [3.63, 3.8) is 0 Å². The number of benzene rings is 2. The number of hydrogen-bond donors (Lipinski definition) is 0. The number of nitrogens with zero attached hydrogens (tertiary/aromatic N) is 4. The molecule has 0 aliphatic rings. The van der Waals surface area contributed by atoms with E-state index in [1.54, 1.807) is 4.68 Å². The van der Waals surface area contributed by atoms with Gasteiger partial charge >= 0.3 is 0 Å². The number of hydrogen-bond acceptors (Lipinski definition) is 6. The van der Waals surface area contributed by atoms with Crippen LogP contribution in [0.4, 0.5) is 0 Å². The van der Waals surface area contributed by atoms with Gasteiger partial charge in [-0.25, -0.2) is 4.68 Å². The summed E-state index contributed by atoms with van der Waals surface area (Å²) in [5.74, 6) is 1.73. The SMILES string of the molecule is CCOc1ccccc1-c1nnc(SCc2c(C)nn(-c3ccccc3)c2Cl)o1. The molecule has 6 nitrogen and oxygen atoms in total. The number of aromatic nitrogens is 4. The Morgan fingerprint density at radius 1 is 1.07 bits per heavy atom. The Kier molecular flexibility index (Phi) is 5.87. The van der Waals surface area contributed by atoms with Crippen molar-refractivity contribution in [1.29, 1.82) is 0 Å². The lowest BCUT2D eigenvalue weighted by Gasteiger charge is -2.06. The molecule has 2 heterocycles. The molecule has 29 heavy (non-hydrogen) atoms. The van der Waals surface area contributed by atoms with E-state index in [4.69, 9.17) is 20.8 Å². The average Bonchev–Trinajstić information content (AvgIpc) is 3.32. The van der Waals surface area contributed by atoms with Gasteiger partial charge in [0.15, 0.2) is 0 Å². The van der Waals surface area contributed by atoms with Gasteiger partial charge in [0, 0.05) is 11.3 Å². The van der Waals surface area contributed by atoms with Crippen molar-refractivity contribution in [2.75, 3.05) is 6.61 Å². The molecular weight excluding hydrogens is 408 g/mol. The van der Waals surface area contributed by atoms with Crippen LogP contribution in [-0.4, -0.2) is 26.6 Å². The first kappa shape index (κ1) is 19.5. The fraction of sp³-hybridized carbons (Fsp3) is 0.190. The van der Waals surface area contributed by atoms with Crippen LogP contribution in [0.5, 0.6) is 5.75 Å². The van der Waals surface area contributed by atoms with E-state index in [0.717, 1.165) is 28.3 Å². The summed E-state index contributed by atoms with van der Waals surface area (Å²) in [5, 5.41) is 13.9. The van der Waals surface area contributed by atoms with Crippen LogP contribution in [0.1, 0.15) is 18.2 Å². The molecule has 4 rings (SSSR count). The molecule has 4 aromatic rings. The van der Waals surface area contributed by atoms with Crippen molar-refractivity contribution >= 4 is 23.4 Å². The maximum atomic E-state index is 6.59. The molecule has 0 fully saturated rings. The van der Waals surface area contributed by atoms with Crippen LogP contribution in [0.2, 0.25) is 5.15 Å². The third-order valence-electron chi connectivity index (χ3n) is 4.29. The van der Waals surface area contributed by atoms with Gasteiger partial charge in [0.1, 0.15) is 10.9 Å². The number of ether oxygens (including phenoxy) is 1. The largest absolute Gasteiger partial charge is 0.493 e. The minimum absolute atomic E-state index is 0.430.